The lowest BCUT2D eigenvalue weighted by Crippen LogP contribution is -2.48. The maximum atomic E-state index is 12.8. The van der Waals surface area contributed by atoms with E-state index in [4.69, 9.17) is 0 Å². The van der Waals surface area contributed by atoms with Crippen LogP contribution in [0, 0.1) is 17.0 Å². The second kappa shape index (κ2) is 7.75. The van der Waals surface area contributed by atoms with Gasteiger partial charge in [-0.2, -0.15) is 5.10 Å². The highest BCUT2D eigenvalue weighted by molar-refractivity contribution is 5.94. The summed E-state index contributed by atoms with van der Waals surface area (Å²) >= 11 is 0. The van der Waals surface area contributed by atoms with Crippen LogP contribution in [0.15, 0.2) is 60.9 Å². The predicted octanol–water partition coefficient (Wildman–Crippen LogP) is 3.05. The first-order chi connectivity index (χ1) is 14.0. The second-order valence-electron chi connectivity index (χ2n) is 7.06. The summed E-state index contributed by atoms with van der Waals surface area (Å²) in [5.74, 6) is 0.0107. The van der Waals surface area contributed by atoms with Gasteiger partial charge in [0.25, 0.3) is 11.6 Å². The minimum Gasteiger partial charge on any atom is -0.368 e. The Hall–Kier alpha value is -3.68. The number of benzene rings is 2. The third kappa shape index (κ3) is 3.96. The summed E-state index contributed by atoms with van der Waals surface area (Å²) in [6.07, 6.45) is 3.73. The van der Waals surface area contributed by atoms with Crippen LogP contribution in [0.5, 0.6) is 0 Å². The Balaban J connectivity index is 1.38. The number of anilines is 1. The van der Waals surface area contributed by atoms with E-state index in [0.717, 1.165) is 16.9 Å². The lowest BCUT2D eigenvalue weighted by molar-refractivity contribution is -0.384. The van der Waals surface area contributed by atoms with E-state index in [-0.39, 0.29) is 11.6 Å². The van der Waals surface area contributed by atoms with E-state index in [2.05, 4.69) is 10.00 Å². The highest BCUT2D eigenvalue weighted by atomic mass is 16.6. The topological polar surface area (TPSA) is 84.5 Å². The zero-order valence-electron chi connectivity index (χ0n) is 16.1. The highest BCUT2D eigenvalue weighted by Crippen LogP contribution is 2.21. The normalized spacial score (nSPS) is 14.1. The Morgan fingerprint density at radius 3 is 2.14 bits per heavy atom. The van der Waals surface area contributed by atoms with Crippen molar-refractivity contribution in [1.29, 1.82) is 0 Å². The molecule has 3 aromatic rings. The molecule has 0 bridgehead atoms. The molecule has 0 unspecified atom stereocenters. The molecule has 2 aromatic carbocycles. The number of nitro groups is 1. The first kappa shape index (κ1) is 18.7. The number of nitro benzene ring substituents is 1. The van der Waals surface area contributed by atoms with E-state index >= 15 is 0 Å². The van der Waals surface area contributed by atoms with Gasteiger partial charge in [0.1, 0.15) is 0 Å². The summed E-state index contributed by atoms with van der Waals surface area (Å²) in [6.45, 7) is 4.58. The van der Waals surface area contributed by atoms with Crippen molar-refractivity contribution in [2.75, 3.05) is 31.1 Å². The Labute approximate surface area is 168 Å². The van der Waals surface area contributed by atoms with E-state index in [1.165, 1.54) is 12.1 Å². The SMILES string of the molecule is Cc1cnn(-c2ccc(C(=O)N3CCN(c4ccc([N+](=O)[O-])cc4)CC3)cc2)c1. The number of nitrogens with zero attached hydrogens (tertiary/aromatic N) is 5. The van der Waals surface area contributed by atoms with Gasteiger partial charge in [0, 0.05) is 55.8 Å². The average molecular weight is 391 g/mol. The summed E-state index contributed by atoms with van der Waals surface area (Å²) in [5, 5.41) is 15.1. The lowest BCUT2D eigenvalue weighted by Gasteiger charge is -2.36. The van der Waals surface area contributed by atoms with E-state index in [1.54, 1.807) is 23.0 Å². The Bertz CT molecular complexity index is 1020. The van der Waals surface area contributed by atoms with Crippen LogP contribution in [0.4, 0.5) is 11.4 Å². The molecule has 1 aliphatic heterocycles. The molecule has 1 fully saturated rings. The smallest absolute Gasteiger partial charge is 0.269 e. The maximum absolute atomic E-state index is 12.8. The molecule has 1 saturated heterocycles. The van der Waals surface area contributed by atoms with Crippen LogP contribution in [-0.2, 0) is 0 Å². The number of carbonyl (C=O) groups excluding carboxylic acids is 1. The summed E-state index contributed by atoms with van der Waals surface area (Å²) in [5.41, 5.74) is 3.66. The highest BCUT2D eigenvalue weighted by Gasteiger charge is 2.22. The molecule has 4 rings (SSSR count). The van der Waals surface area contributed by atoms with Gasteiger partial charge in [-0.15, -0.1) is 0 Å². The first-order valence-corrected chi connectivity index (χ1v) is 9.42. The fourth-order valence-electron chi connectivity index (χ4n) is 3.45. The standard InChI is InChI=1S/C21H21N5O3/c1-16-14-22-25(15-16)19-4-2-17(3-5-19)21(27)24-12-10-23(11-13-24)18-6-8-20(9-7-18)26(28)29/h2-9,14-15H,10-13H2,1H3. The molecular weight excluding hydrogens is 370 g/mol. The van der Waals surface area contributed by atoms with Gasteiger partial charge in [-0.1, -0.05) is 0 Å². The van der Waals surface area contributed by atoms with Crippen LogP contribution >= 0.6 is 0 Å². The fraction of sp³-hybridized carbons (Fsp3) is 0.238. The van der Waals surface area contributed by atoms with Crippen LogP contribution < -0.4 is 4.90 Å². The Kier molecular flexibility index (Phi) is 4.99. The summed E-state index contributed by atoms with van der Waals surface area (Å²) in [7, 11) is 0. The number of non-ortho nitro benzene ring substituents is 1. The van der Waals surface area contributed by atoms with Gasteiger partial charge in [0.05, 0.1) is 16.8 Å². The fourth-order valence-corrected chi connectivity index (χ4v) is 3.45. The molecular formula is C21H21N5O3. The summed E-state index contributed by atoms with van der Waals surface area (Å²) in [6, 6.07) is 14.0. The molecule has 8 nitrogen and oxygen atoms in total. The monoisotopic (exact) mass is 391 g/mol. The van der Waals surface area contributed by atoms with Crippen LogP contribution in [0.1, 0.15) is 15.9 Å². The average Bonchev–Trinajstić information content (AvgIpc) is 3.20. The molecule has 0 N–H and O–H groups in total. The largest absolute Gasteiger partial charge is 0.368 e. The quantitative estimate of drug-likeness (QED) is 0.504. The van der Waals surface area contributed by atoms with Crippen LogP contribution in [0.3, 0.4) is 0 Å². The van der Waals surface area contributed by atoms with E-state index in [0.29, 0.717) is 31.7 Å². The molecule has 0 aliphatic carbocycles. The van der Waals surface area contributed by atoms with Gasteiger partial charge in [0.2, 0.25) is 0 Å². The molecule has 0 atom stereocenters. The molecule has 1 amide bonds. The summed E-state index contributed by atoms with van der Waals surface area (Å²) in [4.78, 5) is 27.2. The number of hydrogen-bond acceptors (Lipinski definition) is 5. The van der Waals surface area contributed by atoms with Crippen molar-refractivity contribution in [2.24, 2.45) is 0 Å². The van der Waals surface area contributed by atoms with E-state index in [1.807, 2.05) is 42.3 Å². The molecule has 29 heavy (non-hydrogen) atoms. The van der Waals surface area contributed by atoms with Gasteiger partial charge in [-0.3, -0.25) is 14.9 Å². The van der Waals surface area contributed by atoms with Crippen molar-refractivity contribution in [3.05, 3.63) is 82.2 Å². The van der Waals surface area contributed by atoms with Crippen LogP contribution in [0.2, 0.25) is 0 Å². The zero-order chi connectivity index (χ0) is 20.4. The van der Waals surface area contributed by atoms with Crippen molar-refractivity contribution in [2.45, 2.75) is 6.92 Å². The predicted molar refractivity (Wildman–Crippen MR) is 110 cm³/mol. The Morgan fingerprint density at radius 1 is 0.966 bits per heavy atom. The number of piperazine rings is 1. The van der Waals surface area contributed by atoms with Crippen LogP contribution in [-0.4, -0.2) is 51.7 Å². The van der Waals surface area contributed by atoms with Crippen molar-refractivity contribution in [3.8, 4) is 5.69 Å². The third-order valence-electron chi connectivity index (χ3n) is 5.08. The van der Waals surface area contributed by atoms with E-state index < -0.39 is 4.92 Å². The first-order valence-electron chi connectivity index (χ1n) is 9.42. The molecule has 1 aromatic heterocycles. The maximum Gasteiger partial charge on any atom is 0.269 e. The van der Waals surface area contributed by atoms with Crippen molar-refractivity contribution in [3.63, 3.8) is 0 Å². The zero-order valence-corrected chi connectivity index (χ0v) is 16.1. The molecule has 0 spiro atoms. The molecule has 8 heteroatoms. The third-order valence-corrected chi connectivity index (χ3v) is 5.08. The minimum absolute atomic E-state index is 0.0107. The van der Waals surface area contributed by atoms with Crippen molar-refractivity contribution >= 4 is 17.3 Å². The molecule has 148 valence electrons. The van der Waals surface area contributed by atoms with Crippen LogP contribution in [0.25, 0.3) is 5.69 Å². The van der Waals surface area contributed by atoms with Gasteiger partial charge in [0.15, 0.2) is 0 Å². The van der Waals surface area contributed by atoms with Gasteiger partial charge in [-0.05, 0) is 48.9 Å². The second-order valence-corrected chi connectivity index (χ2v) is 7.06. The number of aromatic nitrogens is 2. The number of aryl methyl sites for hydroxylation is 1. The molecule has 0 radical (unpaired) electrons. The summed E-state index contributed by atoms with van der Waals surface area (Å²) < 4.78 is 1.78. The molecule has 1 aliphatic rings. The molecule has 2 heterocycles. The van der Waals surface area contributed by atoms with Gasteiger partial charge >= 0.3 is 0 Å². The van der Waals surface area contributed by atoms with E-state index in [9.17, 15) is 14.9 Å². The van der Waals surface area contributed by atoms with Gasteiger partial charge in [-0.25, -0.2) is 4.68 Å². The van der Waals surface area contributed by atoms with Gasteiger partial charge < -0.3 is 9.80 Å². The minimum atomic E-state index is -0.404. The Morgan fingerprint density at radius 2 is 1.59 bits per heavy atom. The number of rotatable bonds is 4. The molecule has 0 saturated carbocycles. The lowest BCUT2D eigenvalue weighted by atomic mass is 10.1. The number of amides is 1. The number of carbonyl (C=O) groups is 1. The van der Waals surface area contributed by atoms with Crippen molar-refractivity contribution < 1.29 is 9.72 Å². The number of hydrogen-bond donors (Lipinski definition) is 0. The van der Waals surface area contributed by atoms with Crippen molar-refractivity contribution in [1.82, 2.24) is 14.7 Å².